The van der Waals surface area contributed by atoms with Crippen LogP contribution in [0.5, 0.6) is 5.75 Å². The van der Waals surface area contributed by atoms with Crippen LogP contribution in [0.1, 0.15) is 17.2 Å². The summed E-state index contributed by atoms with van der Waals surface area (Å²) in [5.74, 6) is 0.982. The minimum atomic E-state index is 0.107. The van der Waals surface area contributed by atoms with Crippen molar-refractivity contribution >= 4 is 5.91 Å². The lowest BCUT2D eigenvalue weighted by Crippen LogP contribution is -2.49. The Morgan fingerprint density at radius 3 is 2.61 bits per heavy atom. The van der Waals surface area contributed by atoms with Crippen LogP contribution < -0.4 is 10.1 Å². The highest BCUT2D eigenvalue weighted by atomic mass is 16.5. The van der Waals surface area contributed by atoms with Crippen LogP contribution in [-0.2, 0) is 11.2 Å². The van der Waals surface area contributed by atoms with E-state index in [0.29, 0.717) is 6.42 Å². The van der Waals surface area contributed by atoms with Crippen molar-refractivity contribution in [2.45, 2.75) is 12.5 Å². The van der Waals surface area contributed by atoms with E-state index in [-0.39, 0.29) is 11.9 Å². The third kappa shape index (κ3) is 3.71. The van der Waals surface area contributed by atoms with Crippen molar-refractivity contribution in [2.24, 2.45) is 0 Å². The van der Waals surface area contributed by atoms with E-state index in [0.717, 1.165) is 30.9 Å². The average Bonchev–Trinajstić information content (AvgIpc) is 2.63. The number of hydrogen-bond donors (Lipinski definition) is 1. The molecule has 1 amide bonds. The fourth-order valence-electron chi connectivity index (χ4n) is 3.00. The first-order valence-corrected chi connectivity index (χ1v) is 7.96. The zero-order chi connectivity index (χ0) is 16.1. The molecule has 0 bridgehead atoms. The first-order chi connectivity index (χ1) is 11.3. The molecule has 0 saturated carbocycles. The number of nitrogens with one attached hydrogen (secondary N) is 1. The second-order valence-electron chi connectivity index (χ2n) is 5.74. The molecule has 3 rings (SSSR count). The monoisotopic (exact) mass is 310 g/mol. The normalized spacial score (nSPS) is 17.8. The minimum absolute atomic E-state index is 0.107. The smallest absolute Gasteiger partial charge is 0.227 e. The van der Waals surface area contributed by atoms with E-state index in [2.05, 4.69) is 17.4 Å². The Hall–Kier alpha value is -2.33. The van der Waals surface area contributed by atoms with Crippen molar-refractivity contribution in [3.05, 3.63) is 65.7 Å². The average molecular weight is 310 g/mol. The summed E-state index contributed by atoms with van der Waals surface area (Å²) in [5, 5.41) is 3.39. The molecule has 4 heteroatoms. The summed E-state index contributed by atoms with van der Waals surface area (Å²) in [6, 6.07) is 18.0. The molecule has 0 unspecified atom stereocenters. The summed E-state index contributed by atoms with van der Waals surface area (Å²) in [5.41, 5.74) is 2.20. The van der Waals surface area contributed by atoms with Crippen molar-refractivity contribution in [3.63, 3.8) is 0 Å². The first kappa shape index (κ1) is 15.6. The van der Waals surface area contributed by atoms with Gasteiger partial charge in [0, 0.05) is 19.6 Å². The van der Waals surface area contributed by atoms with E-state index >= 15 is 0 Å². The molecule has 1 aliphatic heterocycles. The number of carbonyl (C=O) groups excluding carboxylic acids is 1. The van der Waals surface area contributed by atoms with Gasteiger partial charge in [-0.25, -0.2) is 0 Å². The van der Waals surface area contributed by atoms with E-state index < -0.39 is 0 Å². The van der Waals surface area contributed by atoms with Crippen LogP contribution in [0.15, 0.2) is 54.6 Å². The molecule has 120 valence electrons. The van der Waals surface area contributed by atoms with Crippen LogP contribution in [0.4, 0.5) is 0 Å². The molecule has 0 spiro atoms. The van der Waals surface area contributed by atoms with Crippen molar-refractivity contribution < 1.29 is 9.53 Å². The number of benzene rings is 2. The Kier molecular flexibility index (Phi) is 4.93. The molecule has 0 aromatic heterocycles. The van der Waals surface area contributed by atoms with Crippen LogP contribution in [0.25, 0.3) is 0 Å². The van der Waals surface area contributed by atoms with Gasteiger partial charge >= 0.3 is 0 Å². The van der Waals surface area contributed by atoms with Gasteiger partial charge in [0.1, 0.15) is 5.75 Å². The molecule has 23 heavy (non-hydrogen) atoms. The molecule has 1 fully saturated rings. The number of ether oxygens (including phenoxy) is 1. The molecule has 2 aromatic rings. The maximum absolute atomic E-state index is 12.8. The number of carbonyl (C=O) groups is 1. The number of nitrogens with zero attached hydrogens (tertiary/aromatic N) is 1. The molecule has 1 aliphatic rings. The van der Waals surface area contributed by atoms with Crippen LogP contribution in [0.3, 0.4) is 0 Å². The van der Waals surface area contributed by atoms with Crippen molar-refractivity contribution in [1.29, 1.82) is 0 Å². The third-order valence-electron chi connectivity index (χ3n) is 4.26. The standard InChI is InChI=1S/C19H22N2O2/c1-23-17-9-7-15(8-10-17)13-19(22)21-12-11-20-14-18(21)16-5-3-2-4-6-16/h2-10,18,20H,11-14H2,1H3/t18-/m1/s1. The van der Waals surface area contributed by atoms with E-state index in [1.165, 1.54) is 5.56 Å². The highest BCUT2D eigenvalue weighted by Gasteiger charge is 2.27. The van der Waals surface area contributed by atoms with Gasteiger partial charge in [-0.3, -0.25) is 4.79 Å². The molecule has 1 saturated heterocycles. The first-order valence-electron chi connectivity index (χ1n) is 7.96. The fourth-order valence-corrected chi connectivity index (χ4v) is 3.00. The predicted molar refractivity (Wildman–Crippen MR) is 90.5 cm³/mol. The topological polar surface area (TPSA) is 41.6 Å². The molecule has 1 heterocycles. The number of amides is 1. The molecule has 0 radical (unpaired) electrons. The quantitative estimate of drug-likeness (QED) is 0.943. The van der Waals surface area contributed by atoms with Crippen LogP contribution in [0, 0.1) is 0 Å². The van der Waals surface area contributed by atoms with E-state index in [9.17, 15) is 4.79 Å². The summed E-state index contributed by atoms with van der Waals surface area (Å²) in [4.78, 5) is 14.8. The Labute approximate surface area is 137 Å². The Balaban J connectivity index is 1.73. The Morgan fingerprint density at radius 2 is 1.91 bits per heavy atom. The molecular weight excluding hydrogens is 288 g/mol. The summed E-state index contributed by atoms with van der Waals surface area (Å²) in [7, 11) is 1.64. The molecular formula is C19H22N2O2. The van der Waals surface area contributed by atoms with Crippen molar-refractivity contribution in [1.82, 2.24) is 10.2 Å². The second-order valence-corrected chi connectivity index (χ2v) is 5.74. The van der Waals surface area contributed by atoms with Crippen molar-refractivity contribution in [3.8, 4) is 5.75 Å². The lowest BCUT2D eigenvalue weighted by atomic mass is 10.0. The van der Waals surface area contributed by atoms with E-state index in [4.69, 9.17) is 4.74 Å². The highest BCUT2D eigenvalue weighted by Crippen LogP contribution is 2.23. The van der Waals surface area contributed by atoms with Gasteiger partial charge in [-0.2, -0.15) is 0 Å². The molecule has 1 atom stereocenters. The maximum Gasteiger partial charge on any atom is 0.227 e. The second kappa shape index (κ2) is 7.29. The van der Waals surface area contributed by atoms with Gasteiger partial charge < -0.3 is 15.0 Å². The van der Waals surface area contributed by atoms with Crippen molar-refractivity contribution in [2.75, 3.05) is 26.7 Å². The third-order valence-corrected chi connectivity index (χ3v) is 4.26. The van der Waals surface area contributed by atoms with Gasteiger partial charge in [0.05, 0.1) is 19.6 Å². The summed E-state index contributed by atoms with van der Waals surface area (Å²) in [6.07, 6.45) is 0.424. The van der Waals surface area contributed by atoms with Crippen LogP contribution in [-0.4, -0.2) is 37.6 Å². The molecule has 1 N–H and O–H groups in total. The number of piperazine rings is 1. The number of rotatable bonds is 4. The zero-order valence-electron chi connectivity index (χ0n) is 13.4. The van der Waals surface area contributed by atoms with Gasteiger partial charge in [-0.15, -0.1) is 0 Å². The SMILES string of the molecule is COc1ccc(CC(=O)N2CCNC[C@@H]2c2ccccc2)cc1. The summed E-state index contributed by atoms with van der Waals surface area (Å²) >= 11 is 0. The minimum Gasteiger partial charge on any atom is -0.497 e. The summed E-state index contributed by atoms with van der Waals surface area (Å²) < 4.78 is 5.16. The fraction of sp³-hybridized carbons (Fsp3) is 0.316. The van der Waals surface area contributed by atoms with Gasteiger partial charge in [0.25, 0.3) is 0 Å². The van der Waals surface area contributed by atoms with Crippen LogP contribution >= 0.6 is 0 Å². The van der Waals surface area contributed by atoms with Gasteiger partial charge in [-0.1, -0.05) is 42.5 Å². The van der Waals surface area contributed by atoms with Gasteiger partial charge in [0.15, 0.2) is 0 Å². The van der Waals surface area contributed by atoms with E-state index in [1.807, 2.05) is 47.4 Å². The van der Waals surface area contributed by atoms with Gasteiger partial charge in [-0.05, 0) is 23.3 Å². The number of methoxy groups -OCH3 is 1. The lowest BCUT2D eigenvalue weighted by molar-refractivity contribution is -0.133. The zero-order valence-corrected chi connectivity index (χ0v) is 13.4. The largest absolute Gasteiger partial charge is 0.497 e. The lowest BCUT2D eigenvalue weighted by Gasteiger charge is -2.36. The Bertz CT molecular complexity index is 640. The molecule has 0 aliphatic carbocycles. The van der Waals surface area contributed by atoms with Crippen LogP contribution in [0.2, 0.25) is 0 Å². The maximum atomic E-state index is 12.8. The Morgan fingerprint density at radius 1 is 1.17 bits per heavy atom. The summed E-state index contributed by atoms with van der Waals surface area (Å²) in [6.45, 7) is 2.39. The van der Waals surface area contributed by atoms with E-state index in [1.54, 1.807) is 7.11 Å². The molecule has 2 aromatic carbocycles. The molecule has 4 nitrogen and oxygen atoms in total. The number of hydrogen-bond acceptors (Lipinski definition) is 3. The van der Waals surface area contributed by atoms with Gasteiger partial charge in [0.2, 0.25) is 5.91 Å². The predicted octanol–water partition coefficient (Wildman–Crippen LogP) is 2.41. The highest BCUT2D eigenvalue weighted by molar-refractivity contribution is 5.79.